The average molecular weight is 280 g/mol. The first kappa shape index (κ1) is 14.6. The number of nitrogens with one attached hydrogen (secondary N) is 1. The molecule has 106 valence electrons. The molecule has 0 heterocycles. The molecule has 1 N–H and O–H groups in total. The van der Waals surface area contributed by atoms with Crippen molar-refractivity contribution in [2.45, 2.75) is 12.3 Å². The zero-order valence-electron chi connectivity index (χ0n) is 12.0. The first-order chi connectivity index (χ1) is 10.1. The molecule has 0 fully saturated rings. The molecule has 2 rings (SSSR count). The molecule has 4 nitrogen and oxygen atoms in total. The largest absolute Gasteiger partial charge is 0.497 e. The normalized spacial score (nSPS) is 12.8. The Balaban J connectivity index is 2.23. The first-order valence-electron chi connectivity index (χ1n) is 6.52. The molecular weight excluding hydrogens is 264 g/mol. The molecule has 0 aliphatic carbocycles. The summed E-state index contributed by atoms with van der Waals surface area (Å²) in [6, 6.07) is 18.1. The minimum atomic E-state index is -1.23. The molecule has 0 spiro atoms. The van der Waals surface area contributed by atoms with Crippen LogP contribution in [0.3, 0.4) is 0 Å². The van der Waals surface area contributed by atoms with Gasteiger partial charge in [0.15, 0.2) is 5.41 Å². The van der Waals surface area contributed by atoms with Gasteiger partial charge in [-0.3, -0.25) is 4.79 Å². The third kappa shape index (κ3) is 3.03. The van der Waals surface area contributed by atoms with E-state index >= 15 is 0 Å². The van der Waals surface area contributed by atoms with Gasteiger partial charge in [-0.1, -0.05) is 30.3 Å². The summed E-state index contributed by atoms with van der Waals surface area (Å²) in [6.07, 6.45) is 0. The highest BCUT2D eigenvalue weighted by molar-refractivity contribution is 6.01. The van der Waals surface area contributed by atoms with Gasteiger partial charge in [0.05, 0.1) is 13.2 Å². The molecule has 1 amide bonds. The Morgan fingerprint density at radius 1 is 1.14 bits per heavy atom. The van der Waals surface area contributed by atoms with Gasteiger partial charge in [0.25, 0.3) is 0 Å². The summed E-state index contributed by atoms with van der Waals surface area (Å²) in [5.74, 6) is 0.348. The van der Waals surface area contributed by atoms with Crippen LogP contribution in [0.4, 0.5) is 5.69 Å². The topological polar surface area (TPSA) is 62.1 Å². The number of benzene rings is 2. The molecule has 4 heteroatoms. The van der Waals surface area contributed by atoms with Crippen molar-refractivity contribution < 1.29 is 9.53 Å². The smallest absolute Gasteiger partial charge is 0.249 e. The van der Waals surface area contributed by atoms with Crippen LogP contribution in [0.5, 0.6) is 5.75 Å². The van der Waals surface area contributed by atoms with Gasteiger partial charge in [0.1, 0.15) is 5.75 Å². The second-order valence-electron chi connectivity index (χ2n) is 4.79. The summed E-state index contributed by atoms with van der Waals surface area (Å²) in [4.78, 5) is 12.5. The summed E-state index contributed by atoms with van der Waals surface area (Å²) in [7, 11) is 1.58. The maximum absolute atomic E-state index is 12.5. The van der Waals surface area contributed by atoms with E-state index in [1.165, 1.54) is 0 Å². The van der Waals surface area contributed by atoms with Crippen molar-refractivity contribution in [2.75, 3.05) is 12.4 Å². The Morgan fingerprint density at radius 2 is 1.76 bits per heavy atom. The SMILES string of the molecule is COc1ccc(NC(=O)C(C)(C#N)c2ccccc2)cc1. The highest BCUT2D eigenvalue weighted by atomic mass is 16.5. The molecule has 0 radical (unpaired) electrons. The number of amides is 1. The standard InChI is InChI=1S/C17H16N2O2/c1-17(12-18,13-6-4-3-5-7-13)16(20)19-14-8-10-15(21-2)11-9-14/h3-11H,1-2H3,(H,19,20). The Morgan fingerprint density at radius 3 is 2.29 bits per heavy atom. The number of hydrogen-bond acceptors (Lipinski definition) is 3. The zero-order chi connectivity index (χ0) is 15.3. The maximum Gasteiger partial charge on any atom is 0.249 e. The van der Waals surface area contributed by atoms with Crippen LogP contribution >= 0.6 is 0 Å². The summed E-state index contributed by atoms with van der Waals surface area (Å²) in [5, 5.41) is 12.2. The van der Waals surface area contributed by atoms with Gasteiger partial charge in [-0.2, -0.15) is 5.26 Å². The van der Waals surface area contributed by atoms with E-state index in [9.17, 15) is 10.1 Å². The first-order valence-corrected chi connectivity index (χ1v) is 6.52. The van der Waals surface area contributed by atoms with Crippen molar-refractivity contribution in [1.82, 2.24) is 0 Å². The van der Waals surface area contributed by atoms with Gasteiger partial charge in [0.2, 0.25) is 5.91 Å². The van der Waals surface area contributed by atoms with E-state index in [2.05, 4.69) is 11.4 Å². The van der Waals surface area contributed by atoms with E-state index < -0.39 is 5.41 Å². The van der Waals surface area contributed by atoms with Gasteiger partial charge < -0.3 is 10.1 Å². The van der Waals surface area contributed by atoms with Crippen LogP contribution in [0.1, 0.15) is 12.5 Å². The Hall–Kier alpha value is -2.80. The lowest BCUT2D eigenvalue weighted by molar-refractivity contribution is -0.119. The molecule has 1 atom stereocenters. The second kappa shape index (κ2) is 6.10. The number of anilines is 1. The van der Waals surface area contributed by atoms with Gasteiger partial charge in [-0.25, -0.2) is 0 Å². The minimum absolute atomic E-state index is 0.360. The fraction of sp³-hybridized carbons (Fsp3) is 0.176. The quantitative estimate of drug-likeness (QED) is 0.936. The summed E-state index contributed by atoms with van der Waals surface area (Å²) in [5.41, 5.74) is 0.0537. The third-order valence-corrected chi connectivity index (χ3v) is 3.38. The van der Waals surface area contributed by atoms with Gasteiger partial charge in [-0.15, -0.1) is 0 Å². The number of methoxy groups -OCH3 is 1. The van der Waals surface area contributed by atoms with Crippen molar-refractivity contribution in [3.63, 3.8) is 0 Å². The average Bonchev–Trinajstić information content (AvgIpc) is 2.55. The number of rotatable bonds is 4. The van der Waals surface area contributed by atoms with Crippen LogP contribution in [-0.4, -0.2) is 13.0 Å². The van der Waals surface area contributed by atoms with Crippen molar-refractivity contribution in [1.29, 1.82) is 5.26 Å². The number of nitriles is 1. The van der Waals surface area contributed by atoms with E-state index in [0.717, 1.165) is 0 Å². The van der Waals surface area contributed by atoms with Crippen LogP contribution < -0.4 is 10.1 Å². The summed E-state index contributed by atoms with van der Waals surface area (Å²) < 4.78 is 5.07. The predicted molar refractivity (Wildman–Crippen MR) is 81.0 cm³/mol. The number of nitrogens with zero attached hydrogens (tertiary/aromatic N) is 1. The van der Waals surface area contributed by atoms with Crippen molar-refractivity contribution >= 4 is 11.6 Å². The molecule has 0 saturated carbocycles. The minimum Gasteiger partial charge on any atom is -0.497 e. The fourth-order valence-corrected chi connectivity index (χ4v) is 1.95. The molecule has 21 heavy (non-hydrogen) atoms. The molecule has 2 aromatic rings. The van der Waals surface area contributed by atoms with Crippen molar-refractivity contribution in [3.05, 3.63) is 60.2 Å². The van der Waals surface area contributed by atoms with E-state index in [-0.39, 0.29) is 5.91 Å². The Kier molecular flexibility index (Phi) is 4.24. The Bertz CT molecular complexity index is 659. The lowest BCUT2D eigenvalue weighted by Crippen LogP contribution is -2.36. The van der Waals surface area contributed by atoms with E-state index in [1.54, 1.807) is 50.4 Å². The molecular formula is C17H16N2O2. The maximum atomic E-state index is 12.5. The molecule has 0 aromatic heterocycles. The van der Waals surface area contributed by atoms with Crippen molar-refractivity contribution in [3.8, 4) is 11.8 Å². The summed E-state index contributed by atoms with van der Waals surface area (Å²) >= 11 is 0. The van der Waals surface area contributed by atoms with Gasteiger partial charge >= 0.3 is 0 Å². The molecule has 1 unspecified atom stereocenters. The lowest BCUT2D eigenvalue weighted by atomic mass is 9.83. The number of ether oxygens (including phenoxy) is 1. The Labute approximate surface area is 124 Å². The number of carbonyl (C=O) groups excluding carboxylic acids is 1. The third-order valence-electron chi connectivity index (χ3n) is 3.38. The predicted octanol–water partition coefficient (Wildman–Crippen LogP) is 3.12. The van der Waals surface area contributed by atoms with Crippen LogP contribution in [0.2, 0.25) is 0 Å². The lowest BCUT2D eigenvalue weighted by Gasteiger charge is -2.21. The van der Waals surface area contributed by atoms with E-state index in [0.29, 0.717) is 17.0 Å². The highest BCUT2D eigenvalue weighted by Gasteiger charge is 2.35. The highest BCUT2D eigenvalue weighted by Crippen LogP contribution is 2.25. The van der Waals surface area contributed by atoms with E-state index in [4.69, 9.17) is 4.74 Å². The van der Waals surface area contributed by atoms with Crippen LogP contribution in [0.25, 0.3) is 0 Å². The molecule has 0 aliphatic heterocycles. The van der Waals surface area contributed by atoms with Crippen LogP contribution in [-0.2, 0) is 10.2 Å². The van der Waals surface area contributed by atoms with Crippen LogP contribution in [0.15, 0.2) is 54.6 Å². The molecule has 2 aromatic carbocycles. The number of carbonyl (C=O) groups is 1. The molecule has 0 saturated heterocycles. The van der Waals surface area contributed by atoms with E-state index in [1.807, 2.05) is 18.2 Å². The van der Waals surface area contributed by atoms with Crippen molar-refractivity contribution in [2.24, 2.45) is 0 Å². The number of hydrogen-bond donors (Lipinski definition) is 1. The molecule has 0 aliphatic rings. The monoisotopic (exact) mass is 280 g/mol. The summed E-state index contributed by atoms with van der Waals surface area (Å²) in [6.45, 7) is 1.61. The van der Waals surface area contributed by atoms with Gasteiger partial charge in [0, 0.05) is 5.69 Å². The van der Waals surface area contributed by atoms with Crippen LogP contribution in [0, 0.1) is 11.3 Å². The molecule has 0 bridgehead atoms. The fourth-order valence-electron chi connectivity index (χ4n) is 1.95. The second-order valence-corrected chi connectivity index (χ2v) is 4.79. The van der Waals surface area contributed by atoms with Gasteiger partial charge in [-0.05, 0) is 36.8 Å². The zero-order valence-corrected chi connectivity index (χ0v) is 12.0.